The third-order valence-corrected chi connectivity index (χ3v) is 11.2. The van der Waals surface area contributed by atoms with Crippen molar-refractivity contribution >= 4 is 29.8 Å². The largest absolute Gasteiger partial charge is 0.542 e. The lowest BCUT2D eigenvalue weighted by Crippen LogP contribution is -2.57. The summed E-state index contributed by atoms with van der Waals surface area (Å²) >= 11 is 0. The summed E-state index contributed by atoms with van der Waals surface area (Å²) in [5.41, 5.74) is 0.922. The number of allylic oxidation sites excluding steroid dienone is 3. The summed E-state index contributed by atoms with van der Waals surface area (Å²) in [4.78, 5) is 63.7. The number of carboxylic acid groups (broad SMARTS) is 1. The van der Waals surface area contributed by atoms with Gasteiger partial charge in [-0.3, -0.25) is 0 Å². The third kappa shape index (κ3) is 8.32. The number of aromatic nitrogens is 2. The second-order valence-corrected chi connectivity index (χ2v) is 14.6. The number of aromatic amines is 1. The van der Waals surface area contributed by atoms with Crippen molar-refractivity contribution in [3.8, 4) is 0 Å². The summed E-state index contributed by atoms with van der Waals surface area (Å²) < 4.78 is 68.6. The minimum absolute atomic E-state index is 0.144. The molecule has 0 aromatic carbocycles. The number of H-pyrrole nitrogens is 1. The molecule has 2 fully saturated rings. The minimum atomic E-state index is -5.19. The monoisotopic (exact) mass is 794 g/mol. The number of imidazole rings is 1. The summed E-state index contributed by atoms with van der Waals surface area (Å²) in [7, 11) is 3.17. The van der Waals surface area contributed by atoms with E-state index in [0.717, 1.165) is 5.57 Å². The maximum absolute atomic E-state index is 13.6. The molecule has 1 spiro atoms. The molecule has 1 aromatic heterocycles. The first-order valence-corrected chi connectivity index (χ1v) is 18.0. The molecule has 5 aliphatic rings. The number of aryl methyl sites for hydroxylation is 1. The second kappa shape index (κ2) is 16.7. The van der Waals surface area contributed by atoms with Crippen molar-refractivity contribution in [2.45, 2.75) is 95.5 Å². The molecule has 2 N–H and O–H groups in total. The van der Waals surface area contributed by atoms with Crippen molar-refractivity contribution in [2.75, 3.05) is 7.11 Å². The van der Waals surface area contributed by atoms with E-state index in [2.05, 4.69) is 4.98 Å². The zero-order valence-corrected chi connectivity index (χ0v) is 31.5. The van der Waals surface area contributed by atoms with Crippen LogP contribution >= 0.6 is 0 Å². The van der Waals surface area contributed by atoms with E-state index in [1.165, 1.54) is 7.11 Å². The standard InChI is InChI=1S/C36H44N2O11.C2HF3O2/c1-18-13-19(2)36-23(11-12-25-27(36)28(39)20(3)30(31(25)49-36)48-32(40)22-9-7-8-10-22)14-26(44-6)33(41)47-29(18)21(4)46-35(43)34(42)45-16-24-15-37-17-38(24)5;3-2(4,5)1(6)7/h7-9,11-13,15,17-18,20-21,23,25-31,39H,10,14,16H2,1-6H3;(H,6,7)/b19-13+;/t18-,20-,21-,23-,25?,26+,27?,28-,29+,30-,31-,36+;/m1./s1. The Morgan fingerprint density at radius 2 is 1.88 bits per heavy atom. The van der Waals surface area contributed by atoms with Crippen LogP contribution in [0, 0.1) is 29.6 Å². The minimum Gasteiger partial charge on any atom is -0.542 e. The number of aliphatic carboxylic acids is 1. The average molecular weight is 795 g/mol. The van der Waals surface area contributed by atoms with Gasteiger partial charge < -0.3 is 43.4 Å². The first-order chi connectivity index (χ1) is 26.3. The van der Waals surface area contributed by atoms with Gasteiger partial charge in [0.2, 0.25) is 6.33 Å². The number of hydrogen-bond acceptors (Lipinski definition) is 13. The highest BCUT2D eigenvalue weighted by Gasteiger charge is 2.69. The van der Waals surface area contributed by atoms with E-state index in [-0.39, 0.29) is 24.9 Å². The van der Waals surface area contributed by atoms with Gasteiger partial charge in [0.05, 0.1) is 13.2 Å². The van der Waals surface area contributed by atoms with Crippen LogP contribution in [0.5, 0.6) is 0 Å². The molecule has 56 heavy (non-hydrogen) atoms. The summed E-state index contributed by atoms with van der Waals surface area (Å²) in [6.45, 7) is 7.01. The molecule has 15 nitrogen and oxygen atoms in total. The number of alkyl halides is 3. The highest BCUT2D eigenvalue weighted by Crippen LogP contribution is 2.61. The molecule has 0 radical (unpaired) electrons. The number of nitrogens with one attached hydrogen (secondary N) is 1. The number of carbonyl (C=O) groups is 5. The number of aliphatic hydroxyl groups is 1. The Morgan fingerprint density at radius 3 is 2.46 bits per heavy atom. The van der Waals surface area contributed by atoms with Crippen LogP contribution in [0.3, 0.4) is 0 Å². The maximum Gasteiger partial charge on any atom is 0.430 e. The lowest BCUT2D eigenvalue weighted by molar-refractivity contribution is -0.679. The highest BCUT2D eigenvalue weighted by molar-refractivity contribution is 6.29. The molecule has 0 amide bonds. The molecule has 12 atom stereocenters. The van der Waals surface area contributed by atoms with Crippen molar-refractivity contribution in [3.63, 3.8) is 0 Å². The fourth-order valence-electron chi connectivity index (χ4n) is 8.34. The van der Waals surface area contributed by atoms with Crippen LogP contribution in [-0.4, -0.2) is 95.4 Å². The third-order valence-electron chi connectivity index (χ3n) is 11.2. The van der Waals surface area contributed by atoms with Crippen molar-refractivity contribution in [3.05, 3.63) is 65.8 Å². The number of carboxylic acids is 1. The highest BCUT2D eigenvalue weighted by atomic mass is 19.4. The molecule has 4 bridgehead atoms. The van der Waals surface area contributed by atoms with Gasteiger partial charge >= 0.3 is 30.1 Å². The number of ether oxygens (including phenoxy) is 6. The van der Waals surface area contributed by atoms with E-state index in [4.69, 9.17) is 38.3 Å². The Hall–Kier alpha value is -4.81. The number of nitrogens with zero attached hydrogens (tertiary/aromatic N) is 1. The van der Waals surface area contributed by atoms with Crippen LogP contribution in [0.4, 0.5) is 13.2 Å². The number of hydrogen-bond donors (Lipinski definition) is 2. The Morgan fingerprint density at radius 1 is 1.18 bits per heavy atom. The number of aliphatic hydroxyl groups excluding tert-OH is 1. The predicted octanol–water partition coefficient (Wildman–Crippen LogP) is 1.39. The molecule has 1 saturated carbocycles. The van der Waals surface area contributed by atoms with Crippen LogP contribution in [0.2, 0.25) is 0 Å². The van der Waals surface area contributed by atoms with E-state index in [1.807, 2.05) is 51.2 Å². The first-order valence-electron chi connectivity index (χ1n) is 18.0. The number of carbonyl (C=O) groups excluding carboxylic acids is 5. The average Bonchev–Trinajstić information content (AvgIpc) is 3.87. The molecule has 3 aliphatic carbocycles. The van der Waals surface area contributed by atoms with Gasteiger partial charge in [0.1, 0.15) is 42.2 Å². The van der Waals surface area contributed by atoms with E-state index in [0.29, 0.717) is 17.7 Å². The molecule has 18 heteroatoms. The Balaban J connectivity index is 0.000000784. The number of rotatable bonds is 7. The number of cyclic esters (lactones) is 1. The summed E-state index contributed by atoms with van der Waals surface area (Å²) in [6, 6.07) is 0. The topological polar surface area (TPSA) is 204 Å². The number of halogens is 3. The number of methoxy groups -OCH3 is 1. The van der Waals surface area contributed by atoms with Crippen LogP contribution in [0.1, 0.15) is 46.2 Å². The number of esters is 4. The molecule has 3 heterocycles. The Labute approximate surface area is 320 Å². The molecule has 2 unspecified atom stereocenters. The zero-order chi connectivity index (χ0) is 41.3. The Kier molecular flexibility index (Phi) is 12.7. The van der Waals surface area contributed by atoms with Gasteiger partial charge in [-0.25, -0.2) is 28.7 Å². The van der Waals surface area contributed by atoms with Crippen molar-refractivity contribution in [2.24, 2.45) is 36.6 Å². The van der Waals surface area contributed by atoms with E-state index in [1.54, 1.807) is 37.1 Å². The van der Waals surface area contributed by atoms with Gasteiger partial charge in [0, 0.05) is 42.3 Å². The van der Waals surface area contributed by atoms with E-state index in [9.17, 15) is 37.5 Å². The SMILES string of the molecule is CO[C@H]1C[C@H]2C=CC3C4[C@H](O)[C@@H](C)[C@@H](OC(=O)C5=CC=CC5)[C@@H]3O[C@]42/C(C)=C/[C@@H](C)[C@@H]([C@@H](C)OC(=O)C(=O)OCc2c[nH]c[n+]2C)OC1=O.O=C([O-])C(F)(F)F. The van der Waals surface area contributed by atoms with Crippen molar-refractivity contribution < 1.29 is 80.3 Å². The molecule has 1 aromatic rings. The Bertz CT molecular complexity index is 1820. The van der Waals surface area contributed by atoms with Gasteiger partial charge in [-0.2, -0.15) is 13.2 Å². The quantitative estimate of drug-likeness (QED) is 0.132. The fraction of sp³-hybridized carbons (Fsp3) is 0.579. The lowest BCUT2D eigenvalue weighted by Gasteiger charge is -2.49. The maximum atomic E-state index is 13.6. The van der Waals surface area contributed by atoms with Crippen molar-refractivity contribution in [1.29, 1.82) is 0 Å². The van der Waals surface area contributed by atoms with Crippen molar-refractivity contribution in [1.82, 2.24) is 4.98 Å². The molecule has 6 rings (SSSR count). The molecule has 1 saturated heterocycles. The van der Waals surface area contributed by atoms with Crippen LogP contribution in [0.25, 0.3) is 0 Å². The normalized spacial score (nSPS) is 34.6. The first kappa shape index (κ1) is 42.3. The summed E-state index contributed by atoms with van der Waals surface area (Å²) in [6.07, 6.45) is 4.93. The lowest BCUT2D eigenvalue weighted by atomic mass is 9.57. The summed E-state index contributed by atoms with van der Waals surface area (Å²) in [5.74, 6) is -8.50. The van der Waals surface area contributed by atoms with Gasteiger partial charge in [0.25, 0.3) is 0 Å². The van der Waals surface area contributed by atoms with Gasteiger partial charge in [-0.15, -0.1) is 0 Å². The predicted molar refractivity (Wildman–Crippen MR) is 181 cm³/mol. The molecule has 306 valence electrons. The van der Waals surface area contributed by atoms with Gasteiger partial charge in [-0.1, -0.05) is 50.3 Å². The molecule has 2 aliphatic heterocycles. The molecular weight excluding hydrogens is 749 g/mol. The van der Waals surface area contributed by atoms with Gasteiger partial charge in [-0.05, 0) is 32.3 Å². The van der Waals surface area contributed by atoms with Crippen LogP contribution in [-0.2, 0) is 66.0 Å². The second-order valence-electron chi connectivity index (χ2n) is 14.6. The fourth-order valence-corrected chi connectivity index (χ4v) is 8.34. The smallest absolute Gasteiger partial charge is 0.430 e. The van der Waals surface area contributed by atoms with Crippen LogP contribution in [0.15, 0.2) is 60.1 Å². The zero-order valence-electron chi connectivity index (χ0n) is 31.5. The van der Waals surface area contributed by atoms with Crippen LogP contribution < -0.4 is 9.67 Å². The van der Waals surface area contributed by atoms with E-state index < -0.39 is 96.0 Å². The molecular formula is C38H45F3N2O13. The summed E-state index contributed by atoms with van der Waals surface area (Å²) in [5, 5.41) is 20.7. The van der Waals surface area contributed by atoms with Gasteiger partial charge in [0.15, 0.2) is 18.4 Å². The van der Waals surface area contributed by atoms with E-state index >= 15 is 0 Å².